The molecule has 0 aromatic heterocycles. The Kier molecular flexibility index (Phi) is 4.07. The summed E-state index contributed by atoms with van der Waals surface area (Å²) in [5, 5.41) is 11.8. The first kappa shape index (κ1) is 12.7. The van der Waals surface area contributed by atoms with Gasteiger partial charge in [0, 0.05) is 0 Å². The van der Waals surface area contributed by atoms with Gasteiger partial charge in [-0.1, -0.05) is 30.5 Å². The van der Waals surface area contributed by atoms with Gasteiger partial charge in [-0.3, -0.25) is 0 Å². The molecule has 0 radical (unpaired) electrons. The van der Waals surface area contributed by atoms with Gasteiger partial charge in [-0.05, 0) is 37.0 Å². The van der Waals surface area contributed by atoms with Gasteiger partial charge in [0.1, 0.15) is 5.75 Å². The lowest BCUT2D eigenvalue weighted by atomic mass is 9.83. The van der Waals surface area contributed by atoms with E-state index in [9.17, 15) is 0 Å². The summed E-state index contributed by atoms with van der Waals surface area (Å²) in [6, 6.07) is 5.67. The van der Waals surface area contributed by atoms with Crippen LogP contribution >= 0.6 is 0 Å². The predicted octanol–water partition coefficient (Wildman–Crippen LogP) is 2.66. The molecule has 0 saturated heterocycles. The standard InChI is InChI=1S/C14H20N2O2/c1-10-5-6-12(14(15)16-17)13(9-10)18-8-7-11-3-2-4-11/h5-6,9,11,17H,2-4,7-8H2,1H3,(H2,15,16). The molecular weight excluding hydrogens is 228 g/mol. The van der Waals surface area contributed by atoms with Crippen LogP contribution in [0.25, 0.3) is 0 Å². The summed E-state index contributed by atoms with van der Waals surface area (Å²) < 4.78 is 5.78. The maximum absolute atomic E-state index is 8.75. The second kappa shape index (κ2) is 5.76. The van der Waals surface area contributed by atoms with Gasteiger partial charge in [0.2, 0.25) is 0 Å². The van der Waals surface area contributed by atoms with Crippen LogP contribution in [-0.2, 0) is 0 Å². The van der Waals surface area contributed by atoms with Crippen molar-refractivity contribution in [1.29, 1.82) is 0 Å². The highest BCUT2D eigenvalue weighted by Gasteiger charge is 2.17. The highest BCUT2D eigenvalue weighted by atomic mass is 16.5. The van der Waals surface area contributed by atoms with Crippen LogP contribution in [0, 0.1) is 12.8 Å². The quantitative estimate of drug-likeness (QED) is 0.364. The van der Waals surface area contributed by atoms with Crippen molar-refractivity contribution >= 4 is 5.84 Å². The molecule has 1 saturated carbocycles. The molecule has 0 spiro atoms. The summed E-state index contributed by atoms with van der Waals surface area (Å²) in [6.07, 6.45) is 5.09. The molecule has 1 aliphatic rings. The Morgan fingerprint density at radius 2 is 2.28 bits per heavy atom. The van der Waals surface area contributed by atoms with Crippen molar-refractivity contribution in [3.63, 3.8) is 0 Å². The Labute approximate surface area is 107 Å². The zero-order valence-electron chi connectivity index (χ0n) is 10.7. The zero-order chi connectivity index (χ0) is 13.0. The van der Waals surface area contributed by atoms with Crippen LogP contribution in [0.1, 0.15) is 36.8 Å². The summed E-state index contributed by atoms with van der Waals surface area (Å²) >= 11 is 0. The van der Waals surface area contributed by atoms with Crippen LogP contribution in [0.4, 0.5) is 0 Å². The Hall–Kier alpha value is -1.71. The van der Waals surface area contributed by atoms with Crippen molar-refractivity contribution in [1.82, 2.24) is 0 Å². The Balaban J connectivity index is 2.02. The van der Waals surface area contributed by atoms with E-state index in [1.165, 1.54) is 19.3 Å². The molecule has 0 unspecified atom stereocenters. The number of nitrogens with zero attached hydrogens (tertiary/aromatic N) is 1. The SMILES string of the molecule is Cc1ccc(/C(N)=N/O)c(OCCC2CCC2)c1. The molecule has 2 rings (SSSR count). The zero-order valence-corrected chi connectivity index (χ0v) is 10.7. The fourth-order valence-corrected chi connectivity index (χ4v) is 2.13. The molecule has 1 fully saturated rings. The number of benzene rings is 1. The third-order valence-electron chi connectivity index (χ3n) is 3.53. The van der Waals surface area contributed by atoms with Crippen LogP contribution in [-0.4, -0.2) is 17.6 Å². The minimum Gasteiger partial charge on any atom is -0.493 e. The van der Waals surface area contributed by atoms with E-state index in [1.807, 2.05) is 25.1 Å². The molecule has 1 aromatic rings. The first-order valence-electron chi connectivity index (χ1n) is 6.42. The molecule has 0 amide bonds. The van der Waals surface area contributed by atoms with Gasteiger partial charge in [0.15, 0.2) is 5.84 Å². The van der Waals surface area contributed by atoms with E-state index in [2.05, 4.69) is 5.16 Å². The fraction of sp³-hybridized carbons (Fsp3) is 0.500. The number of amidine groups is 1. The van der Waals surface area contributed by atoms with Gasteiger partial charge in [-0.15, -0.1) is 0 Å². The number of hydrogen-bond acceptors (Lipinski definition) is 3. The number of ether oxygens (including phenoxy) is 1. The maximum Gasteiger partial charge on any atom is 0.173 e. The summed E-state index contributed by atoms with van der Waals surface area (Å²) in [5.74, 6) is 1.61. The molecule has 18 heavy (non-hydrogen) atoms. The van der Waals surface area contributed by atoms with Crippen molar-refractivity contribution in [2.75, 3.05) is 6.61 Å². The molecule has 0 aliphatic heterocycles. The summed E-state index contributed by atoms with van der Waals surface area (Å²) in [6.45, 7) is 2.69. The normalized spacial score (nSPS) is 16.4. The lowest BCUT2D eigenvalue weighted by Crippen LogP contribution is -2.17. The van der Waals surface area contributed by atoms with E-state index in [0.29, 0.717) is 17.9 Å². The van der Waals surface area contributed by atoms with Crippen LogP contribution in [0.5, 0.6) is 5.75 Å². The van der Waals surface area contributed by atoms with Gasteiger partial charge >= 0.3 is 0 Å². The Morgan fingerprint density at radius 1 is 1.50 bits per heavy atom. The monoisotopic (exact) mass is 248 g/mol. The Bertz CT molecular complexity index is 439. The third-order valence-corrected chi connectivity index (χ3v) is 3.53. The number of rotatable bonds is 5. The van der Waals surface area contributed by atoms with E-state index in [4.69, 9.17) is 15.7 Å². The van der Waals surface area contributed by atoms with E-state index in [1.54, 1.807) is 0 Å². The van der Waals surface area contributed by atoms with Gasteiger partial charge < -0.3 is 15.7 Å². The minimum absolute atomic E-state index is 0.0913. The van der Waals surface area contributed by atoms with Crippen molar-refractivity contribution in [3.8, 4) is 5.75 Å². The van der Waals surface area contributed by atoms with Crippen LogP contribution in [0.3, 0.4) is 0 Å². The van der Waals surface area contributed by atoms with Gasteiger partial charge in [-0.2, -0.15) is 0 Å². The first-order valence-corrected chi connectivity index (χ1v) is 6.42. The minimum atomic E-state index is 0.0913. The van der Waals surface area contributed by atoms with Crippen molar-refractivity contribution < 1.29 is 9.94 Å². The van der Waals surface area contributed by atoms with E-state index in [0.717, 1.165) is 17.9 Å². The summed E-state index contributed by atoms with van der Waals surface area (Å²) in [4.78, 5) is 0. The average molecular weight is 248 g/mol. The highest BCUT2D eigenvalue weighted by molar-refractivity contribution is 5.99. The van der Waals surface area contributed by atoms with Crippen LogP contribution < -0.4 is 10.5 Å². The summed E-state index contributed by atoms with van der Waals surface area (Å²) in [5.41, 5.74) is 7.38. The molecule has 0 atom stereocenters. The molecular formula is C14H20N2O2. The van der Waals surface area contributed by atoms with Gasteiger partial charge in [-0.25, -0.2) is 0 Å². The smallest absolute Gasteiger partial charge is 0.173 e. The van der Waals surface area contributed by atoms with E-state index < -0.39 is 0 Å². The van der Waals surface area contributed by atoms with Crippen LogP contribution in [0.15, 0.2) is 23.4 Å². The third kappa shape index (κ3) is 2.94. The largest absolute Gasteiger partial charge is 0.493 e. The van der Waals surface area contributed by atoms with Crippen molar-refractivity contribution in [2.24, 2.45) is 16.8 Å². The lowest BCUT2D eigenvalue weighted by Gasteiger charge is -2.25. The molecule has 0 heterocycles. The van der Waals surface area contributed by atoms with Crippen LogP contribution in [0.2, 0.25) is 0 Å². The van der Waals surface area contributed by atoms with Crippen molar-refractivity contribution in [3.05, 3.63) is 29.3 Å². The molecule has 0 bridgehead atoms. The molecule has 3 N–H and O–H groups in total. The van der Waals surface area contributed by atoms with E-state index in [-0.39, 0.29) is 5.84 Å². The molecule has 4 nitrogen and oxygen atoms in total. The lowest BCUT2D eigenvalue weighted by molar-refractivity contribution is 0.221. The highest BCUT2D eigenvalue weighted by Crippen LogP contribution is 2.29. The van der Waals surface area contributed by atoms with Crippen molar-refractivity contribution in [2.45, 2.75) is 32.6 Å². The topological polar surface area (TPSA) is 67.8 Å². The predicted molar refractivity (Wildman–Crippen MR) is 71.1 cm³/mol. The van der Waals surface area contributed by atoms with E-state index >= 15 is 0 Å². The first-order chi connectivity index (χ1) is 8.70. The second-order valence-electron chi connectivity index (χ2n) is 4.92. The molecule has 1 aromatic carbocycles. The summed E-state index contributed by atoms with van der Waals surface area (Å²) in [7, 11) is 0. The maximum atomic E-state index is 8.75. The number of aryl methyl sites for hydroxylation is 1. The number of hydrogen-bond donors (Lipinski definition) is 2. The fourth-order valence-electron chi connectivity index (χ4n) is 2.13. The average Bonchev–Trinajstić information content (AvgIpc) is 2.31. The second-order valence-corrected chi connectivity index (χ2v) is 4.92. The van der Waals surface area contributed by atoms with Gasteiger partial charge in [0.05, 0.1) is 12.2 Å². The number of oxime groups is 1. The number of nitrogens with two attached hydrogens (primary N) is 1. The van der Waals surface area contributed by atoms with Gasteiger partial charge in [0.25, 0.3) is 0 Å². The molecule has 1 aliphatic carbocycles. The Morgan fingerprint density at radius 3 is 2.89 bits per heavy atom. The molecule has 98 valence electrons. The molecule has 4 heteroatoms.